The minimum atomic E-state index is -0.164. The first kappa shape index (κ1) is 19.5. The lowest BCUT2D eigenvalue weighted by Crippen LogP contribution is -2.12. The van der Waals surface area contributed by atoms with Gasteiger partial charge in [-0.05, 0) is 44.0 Å². The van der Waals surface area contributed by atoms with Crippen LogP contribution in [-0.2, 0) is 17.0 Å². The number of rotatable bonds is 7. The summed E-state index contributed by atoms with van der Waals surface area (Å²) in [4.78, 5) is 24.2. The number of carbonyl (C=O) groups is 1. The van der Waals surface area contributed by atoms with Crippen LogP contribution in [0.2, 0.25) is 0 Å². The van der Waals surface area contributed by atoms with Crippen LogP contribution in [0.25, 0.3) is 11.0 Å². The standard InChI is InChI=1S/C18H19N7O2S2/c1-9-6-12-13(7-10(9)2)20-17(19-12)28-8-14-21-16(27-25-14)5-4-15(26)22-18-24-23-11(3)29-18/h6-7H,4-5,8H2,1-3H3,(H,19,20)(H,22,24,26). The minimum absolute atomic E-state index is 0.164. The molecule has 4 rings (SSSR count). The lowest BCUT2D eigenvalue weighted by molar-refractivity contribution is -0.116. The third-order valence-electron chi connectivity index (χ3n) is 4.26. The summed E-state index contributed by atoms with van der Waals surface area (Å²) >= 11 is 2.84. The highest BCUT2D eigenvalue weighted by molar-refractivity contribution is 7.98. The first-order valence-corrected chi connectivity index (χ1v) is 10.8. The summed E-state index contributed by atoms with van der Waals surface area (Å²) in [5.74, 6) is 1.36. The summed E-state index contributed by atoms with van der Waals surface area (Å²) in [5.41, 5.74) is 4.40. The van der Waals surface area contributed by atoms with E-state index in [4.69, 9.17) is 4.52 Å². The molecule has 9 nitrogen and oxygen atoms in total. The third-order valence-corrected chi connectivity index (χ3v) is 5.89. The number of H-pyrrole nitrogens is 1. The number of aromatic nitrogens is 6. The fourth-order valence-corrected chi connectivity index (χ4v) is 3.98. The van der Waals surface area contributed by atoms with Gasteiger partial charge < -0.3 is 14.8 Å². The molecular formula is C18H19N7O2S2. The van der Waals surface area contributed by atoms with Crippen LogP contribution in [0, 0.1) is 20.8 Å². The minimum Gasteiger partial charge on any atom is -0.339 e. The van der Waals surface area contributed by atoms with Gasteiger partial charge in [-0.1, -0.05) is 28.3 Å². The second-order valence-electron chi connectivity index (χ2n) is 6.56. The van der Waals surface area contributed by atoms with Crippen LogP contribution in [0.4, 0.5) is 5.13 Å². The van der Waals surface area contributed by atoms with Crippen LogP contribution in [0.5, 0.6) is 0 Å². The zero-order valence-electron chi connectivity index (χ0n) is 16.1. The van der Waals surface area contributed by atoms with Gasteiger partial charge in [0.25, 0.3) is 0 Å². The number of amides is 1. The molecule has 0 bridgehead atoms. The number of aromatic amines is 1. The molecule has 0 spiro atoms. The molecule has 11 heteroatoms. The van der Waals surface area contributed by atoms with E-state index in [1.807, 2.05) is 6.92 Å². The molecule has 0 aliphatic rings. The number of nitrogens with zero attached hydrogens (tertiary/aromatic N) is 5. The number of carbonyl (C=O) groups excluding carboxylic acids is 1. The molecule has 2 N–H and O–H groups in total. The van der Waals surface area contributed by atoms with Crippen molar-refractivity contribution in [2.45, 2.75) is 44.5 Å². The van der Waals surface area contributed by atoms with E-state index in [0.29, 0.717) is 29.0 Å². The quantitative estimate of drug-likeness (QED) is 0.427. The first-order valence-electron chi connectivity index (χ1n) is 8.97. The Balaban J connectivity index is 1.29. The number of imidazole rings is 1. The largest absolute Gasteiger partial charge is 0.339 e. The van der Waals surface area contributed by atoms with E-state index in [0.717, 1.165) is 21.2 Å². The van der Waals surface area contributed by atoms with Crippen LogP contribution in [0.1, 0.15) is 34.3 Å². The maximum atomic E-state index is 12.0. The zero-order chi connectivity index (χ0) is 20.4. The van der Waals surface area contributed by atoms with Crippen molar-refractivity contribution in [3.05, 3.63) is 40.0 Å². The fourth-order valence-electron chi connectivity index (χ4n) is 2.65. The normalized spacial score (nSPS) is 11.3. The molecule has 3 heterocycles. The van der Waals surface area contributed by atoms with Gasteiger partial charge in [-0.3, -0.25) is 4.79 Å². The number of hydrogen-bond acceptors (Lipinski definition) is 9. The molecule has 0 atom stereocenters. The van der Waals surface area contributed by atoms with E-state index in [2.05, 4.69) is 61.6 Å². The Morgan fingerprint density at radius 3 is 2.83 bits per heavy atom. The fraction of sp³-hybridized carbons (Fsp3) is 0.333. The lowest BCUT2D eigenvalue weighted by Gasteiger charge is -1.97. The first-order chi connectivity index (χ1) is 14.0. The Labute approximate surface area is 174 Å². The number of benzene rings is 1. The highest BCUT2D eigenvalue weighted by Crippen LogP contribution is 2.24. The zero-order valence-corrected chi connectivity index (χ0v) is 17.8. The number of fused-ring (bicyclic) bond motifs is 1. The van der Waals surface area contributed by atoms with E-state index < -0.39 is 0 Å². The van der Waals surface area contributed by atoms with Crippen LogP contribution in [0.3, 0.4) is 0 Å². The van der Waals surface area contributed by atoms with Crippen molar-refractivity contribution in [3.63, 3.8) is 0 Å². The summed E-state index contributed by atoms with van der Waals surface area (Å²) in [7, 11) is 0. The van der Waals surface area contributed by atoms with E-state index in [1.54, 1.807) is 0 Å². The summed E-state index contributed by atoms with van der Waals surface area (Å²) in [6, 6.07) is 4.17. The number of aryl methyl sites for hydroxylation is 4. The molecule has 4 aromatic rings. The predicted octanol–water partition coefficient (Wildman–Crippen LogP) is 3.59. The van der Waals surface area contributed by atoms with Crippen molar-refractivity contribution in [1.29, 1.82) is 0 Å². The maximum absolute atomic E-state index is 12.0. The Morgan fingerprint density at radius 2 is 2.03 bits per heavy atom. The van der Waals surface area contributed by atoms with Gasteiger partial charge in [0.2, 0.25) is 16.9 Å². The molecule has 0 aliphatic heterocycles. The molecule has 0 unspecified atom stereocenters. The van der Waals surface area contributed by atoms with Crippen molar-refractivity contribution in [1.82, 2.24) is 30.3 Å². The van der Waals surface area contributed by atoms with E-state index in [1.165, 1.54) is 34.2 Å². The van der Waals surface area contributed by atoms with E-state index in [9.17, 15) is 4.79 Å². The summed E-state index contributed by atoms with van der Waals surface area (Å²) in [6.07, 6.45) is 0.597. The van der Waals surface area contributed by atoms with Crippen LogP contribution < -0.4 is 5.32 Å². The van der Waals surface area contributed by atoms with Crippen molar-refractivity contribution in [2.24, 2.45) is 0 Å². The highest BCUT2D eigenvalue weighted by Gasteiger charge is 2.12. The molecular weight excluding hydrogens is 410 g/mol. The number of thioether (sulfide) groups is 1. The molecule has 0 aliphatic carbocycles. The van der Waals surface area contributed by atoms with Gasteiger partial charge in [0.05, 0.1) is 16.8 Å². The molecule has 150 valence electrons. The van der Waals surface area contributed by atoms with Gasteiger partial charge in [-0.25, -0.2) is 4.98 Å². The van der Waals surface area contributed by atoms with Gasteiger partial charge in [0, 0.05) is 12.8 Å². The van der Waals surface area contributed by atoms with Gasteiger partial charge in [0.15, 0.2) is 11.0 Å². The second kappa shape index (κ2) is 8.29. The summed E-state index contributed by atoms with van der Waals surface area (Å²) < 4.78 is 5.24. The number of nitrogens with one attached hydrogen (secondary N) is 2. The van der Waals surface area contributed by atoms with Crippen LogP contribution >= 0.6 is 23.1 Å². The average Bonchev–Trinajstić information content (AvgIpc) is 3.39. The molecule has 0 fully saturated rings. The Bertz CT molecular complexity index is 1130. The molecule has 0 saturated carbocycles. The highest BCUT2D eigenvalue weighted by atomic mass is 32.2. The van der Waals surface area contributed by atoms with Gasteiger partial charge in [-0.15, -0.1) is 10.2 Å². The van der Waals surface area contributed by atoms with Crippen molar-refractivity contribution in [3.8, 4) is 0 Å². The van der Waals surface area contributed by atoms with E-state index >= 15 is 0 Å². The maximum Gasteiger partial charge on any atom is 0.227 e. The Morgan fingerprint density at radius 1 is 1.21 bits per heavy atom. The second-order valence-corrected chi connectivity index (χ2v) is 8.71. The SMILES string of the molecule is Cc1nnc(NC(=O)CCc2nc(CSc3nc4cc(C)c(C)cc4[nH]3)no2)s1. The Hall–Kier alpha value is -2.79. The van der Waals surface area contributed by atoms with E-state index in [-0.39, 0.29) is 12.3 Å². The topological polar surface area (TPSA) is 122 Å². The molecule has 3 aromatic heterocycles. The lowest BCUT2D eigenvalue weighted by atomic mass is 10.1. The number of hydrogen-bond donors (Lipinski definition) is 2. The van der Waals surface area contributed by atoms with Crippen LogP contribution in [0.15, 0.2) is 21.8 Å². The molecule has 0 radical (unpaired) electrons. The average molecular weight is 430 g/mol. The monoisotopic (exact) mass is 429 g/mol. The summed E-state index contributed by atoms with van der Waals surface area (Å²) in [6.45, 7) is 5.99. The smallest absolute Gasteiger partial charge is 0.227 e. The molecule has 1 amide bonds. The van der Waals surface area contributed by atoms with Gasteiger partial charge in [-0.2, -0.15) is 4.98 Å². The van der Waals surface area contributed by atoms with Crippen molar-refractivity contribution >= 4 is 45.2 Å². The molecule has 0 saturated heterocycles. The van der Waals surface area contributed by atoms with Crippen molar-refractivity contribution in [2.75, 3.05) is 5.32 Å². The van der Waals surface area contributed by atoms with Gasteiger partial charge >= 0.3 is 0 Å². The predicted molar refractivity (Wildman–Crippen MR) is 111 cm³/mol. The molecule has 1 aromatic carbocycles. The Kier molecular flexibility index (Phi) is 5.58. The number of anilines is 1. The van der Waals surface area contributed by atoms with Crippen molar-refractivity contribution < 1.29 is 9.32 Å². The summed E-state index contributed by atoms with van der Waals surface area (Å²) in [5, 5.41) is 16.5. The molecule has 29 heavy (non-hydrogen) atoms. The van der Waals surface area contributed by atoms with Gasteiger partial charge in [0.1, 0.15) is 5.01 Å². The third kappa shape index (κ3) is 4.80. The van der Waals surface area contributed by atoms with Crippen LogP contribution in [-0.4, -0.2) is 36.2 Å².